The van der Waals surface area contributed by atoms with Crippen molar-refractivity contribution in [1.29, 1.82) is 0 Å². The van der Waals surface area contributed by atoms with Crippen LogP contribution in [-0.2, 0) is 10.3 Å². The van der Waals surface area contributed by atoms with E-state index in [2.05, 4.69) is 4.90 Å². The van der Waals surface area contributed by atoms with E-state index in [-0.39, 0.29) is 12.1 Å². The van der Waals surface area contributed by atoms with Crippen LogP contribution in [0.1, 0.15) is 30.9 Å². The molecule has 1 aliphatic heterocycles. The number of rotatable bonds is 6. The van der Waals surface area contributed by atoms with Gasteiger partial charge in [0.25, 0.3) is 0 Å². The first-order valence-corrected chi connectivity index (χ1v) is 9.91. The maximum absolute atomic E-state index is 12.9. The molecule has 1 aliphatic rings. The molecule has 1 N–H and O–H groups in total. The molecule has 1 fully saturated rings. The Balaban J connectivity index is 2.09. The van der Waals surface area contributed by atoms with Crippen molar-refractivity contribution < 1.29 is 14.6 Å². The molecule has 1 amide bonds. The molecular weight excluding hydrogens is 352 g/mol. The van der Waals surface area contributed by atoms with Gasteiger partial charge in [0.05, 0.1) is 12.6 Å². The first-order chi connectivity index (χ1) is 13.5. The van der Waals surface area contributed by atoms with E-state index in [9.17, 15) is 9.90 Å². The minimum Gasteiger partial charge on any atom is -0.450 e. The first kappa shape index (κ1) is 20.4. The number of hydrogen-bond acceptors (Lipinski definition) is 4. The van der Waals surface area contributed by atoms with Gasteiger partial charge in [0.1, 0.15) is 5.60 Å². The molecule has 1 heterocycles. The maximum Gasteiger partial charge on any atom is 0.410 e. The van der Waals surface area contributed by atoms with Crippen molar-refractivity contribution in [2.45, 2.75) is 37.5 Å². The van der Waals surface area contributed by atoms with Crippen molar-refractivity contribution in [1.82, 2.24) is 9.80 Å². The molecule has 0 aromatic heterocycles. The summed E-state index contributed by atoms with van der Waals surface area (Å²) >= 11 is 0. The topological polar surface area (TPSA) is 53.0 Å². The summed E-state index contributed by atoms with van der Waals surface area (Å²) in [5.74, 6) is 0. The van der Waals surface area contributed by atoms with Crippen LogP contribution in [0.25, 0.3) is 0 Å². The van der Waals surface area contributed by atoms with E-state index in [1.54, 1.807) is 4.90 Å². The van der Waals surface area contributed by atoms with Crippen molar-refractivity contribution in [3.05, 3.63) is 71.8 Å². The van der Waals surface area contributed by atoms with Crippen molar-refractivity contribution in [3.8, 4) is 0 Å². The van der Waals surface area contributed by atoms with Gasteiger partial charge in [-0.1, -0.05) is 60.7 Å². The summed E-state index contributed by atoms with van der Waals surface area (Å²) in [4.78, 5) is 16.8. The van der Waals surface area contributed by atoms with E-state index in [1.807, 2.05) is 81.7 Å². The van der Waals surface area contributed by atoms with Gasteiger partial charge in [-0.05, 0) is 45.0 Å². The van der Waals surface area contributed by atoms with Crippen LogP contribution in [0.3, 0.4) is 0 Å². The second-order valence-electron chi connectivity index (χ2n) is 7.61. The van der Waals surface area contributed by atoms with Crippen LogP contribution in [0.5, 0.6) is 0 Å². The van der Waals surface area contributed by atoms with Gasteiger partial charge in [-0.15, -0.1) is 0 Å². The number of nitrogens with zero attached hydrogens (tertiary/aromatic N) is 2. The maximum atomic E-state index is 12.9. The van der Waals surface area contributed by atoms with Crippen molar-refractivity contribution in [2.24, 2.45) is 0 Å². The number of hydrogen-bond donors (Lipinski definition) is 1. The molecule has 3 rings (SSSR count). The zero-order valence-electron chi connectivity index (χ0n) is 16.9. The Morgan fingerprint density at radius 3 is 2.07 bits per heavy atom. The molecule has 2 atom stereocenters. The molecule has 0 unspecified atom stereocenters. The van der Waals surface area contributed by atoms with Gasteiger partial charge in [0.15, 0.2) is 0 Å². The number of likely N-dealkylation sites (tertiary alicyclic amines) is 1. The number of likely N-dealkylation sites (N-methyl/N-ethyl adjacent to an activating group) is 1. The molecule has 0 radical (unpaired) electrons. The van der Waals surface area contributed by atoms with E-state index < -0.39 is 11.6 Å². The van der Waals surface area contributed by atoms with E-state index in [1.165, 1.54) is 0 Å². The number of ether oxygens (including phenoxy) is 1. The normalized spacial score (nSPS) is 19.8. The van der Waals surface area contributed by atoms with Gasteiger partial charge in [0, 0.05) is 12.6 Å². The Bertz CT molecular complexity index is 724. The highest BCUT2D eigenvalue weighted by molar-refractivity contribution is 5.69. The molecule has 0 aliphatic carbocycles. The predicted molar refractivity (Wildman–Crippen MR) is 110 cm³/mol. The number of amides is 1. The number of benzene rings is 2. The molecular formula is C23H30N2O3. The molecule has 0 bridgehead atoms. The van der Waals surface area contributed by atoms with Crippen LogP contribution in [0, 0.1) is 0 Å². The van der Waals surface area contributed by atoms with E-state index in [4.69, 9.17) is 4.74 Å². The molecule has 1 saturated heterocycles. The van der Waals surface area contributed by atoms with Crippen molar-refractivity contribution in [3.63, 3.8) is 0 Å². The Labute approximate surface area is 167 Å². The second kappa shape index (κ2) is 8.76. The van der Waals surface area contributed by atoms with Crippen molar-refractivity contribution >= 4 is 6.09 Å². The number of aliphatic hydroxyl groups is 1. The summed E-state index contributed by atoms with van der Waals surface area (Å²) in [7, 11) is 3.99. The van der Waals surface area contributed by atoms with Gasteiger partial charge >= 0.3 is 6.09 Å². The Morgan fingerprint density at radius 1 is 1.07 bits per heavy atom. The molecule has 150 valence electrons. The van der Waals surface area contributed by atoms with Crippen LogP contribution in [0.2, 0.25) is 0 Å². The standard InChI is InChI=1S/C23H30N2O3/c1-4-28-22(26)25-20(17-24(2)3)15-16-21(25)23(27,18-11-7-5-8-12-18)19-13-9-6-10-14-19/h5-14,20-21,27H,4,15-17H2,1-3H3/t20-,21+/m1/s1. The van der Waals surface area contributed by atoms with Gasteiger partial charge < -0.3 is 14.7 Å². The summed E-state index contributed by atoms with van der Waals surface area (Å²) in [6, 6.07) is 18.8. The molecule has 0 spiro atoms. The van der Waals surface area contributed by atoms with E-state index >= 15 is 0 Å². The average molecular weight is 383 g/mol. The summed E-state index contributed by atoms with van der Waals surface area (Å²) in [5.41, 5.74) is 0.257. The molecule has 2 aromatic rings. The smallest absolute Gasteiger partial charge is 0.410 e. The third-order valence-electron chi connectivity index (χ3n) is 5.47. The van der Waals surface area contributed by atoms with Crippen molar-refractivity contribution in [2.75, 3.05) is 27.2 Å². The highest BCUT2D eigenvalue weighted by Gasteiger charge is 2.51. The Kier molecular flexibility index (Phi) is 6.37. The molecule has 28 heavy (non-hydrogen) atoms. The largest absolute Gasteiger partial charge is 0.450 e. The van der Waals surface area contributed by atoms with Crippen LogP contribution < -0.4 is 0 Å². The zero-order valence-corrected chi connectivity index (χ0v) is 16.9. The van der Waals surface area contributed by atoms with Crippen LogP contribution >= 0.6 is 0 Å². The quantitative estimate of drug-likeness (QED) is 0.831. The lowest BCUT2D eigenvalue weighted by Gasteiger charge is -2.41. The summed E-state index contributed by atoms with van der Waals surface area (Å²) in [5, 5.41) is 12.1. The Morgan fingerprint density at radius 2 is 1.61 bits per heavy atom. The van der Waals surface area contributed by atoms with Crippen LogP contribution in [0.15, 0.2) is 60.7 Å². The fourth-order valence-electron chi connectivity index (χ4n) is 4.30. The fourth-order valence-corrected chi connectivity index (χ4v) is 4.30. The SMILES string of the molecule is CCOC(=O)N1[C@@H](CN(C)C)CC[C@H]1C(O)(c1ccccc1)c1ccccc1. The first-order valence-electron chi connectivity index (χ1n) is 9.91. The van der Waals surface area contributed by atoms with Gasteiger partial charge in [-0.3, -0.25) is 4.90 Å². The highest BCUT2D eigenvalue weighted by Crippen LogP contribution is 2.42. The monoisotopic (exact) mass is 382 g/mol. The number of carbonyl (C=O) groups is 1. The van der Waals surface area contributed by atoms with Gasteiger partial charge in [0.2, 0.25) is 0 Å². The lowest BCUT2D eigenvalue weighted by atomic mass is 9.79. The summed E-state index contributed by atoms with van der Waals surface area (Å²) in [6.07, 6.45) is 1.17. The third-order valence-corrected chi connectivity index (χ3v) is 5.47. The molecule has 5 heteroatoms. The van der Waals surface area contributed by atoms with E-state index in [0.29, 0.717) is 13.0 Å². The van der Waals surface area contributed by atoms with E-state index in [0.717, 1.165) is 24.1 Å². The second-order valence-corrected chi connectivity index (χ2v) is 7.61. The van der Waals surface area contributed by atoms with Crippen LogP contribution in [-0.4, -0.2) is 60.3 Å². The number of carbonyl (C=O) groups excluding carboxylic acids is 1. The fraction of sp³-hybridized carbons (Fsp3) is 0.435. The average Bonchev–Trinajstić information content (AvgIpc) is 3.12. The molecule has 2 aromatic carbocycles. The minimum atomic E-state index is -1.31. The Hall–Kier alpha value is -2.37. The lowest BCUT2D eigenvalue weighted by Crippen LogP contribution is -2.54. The predicted octanol–water partition coefficient (Wildman–Crippen LogP) is 3.47. The lowest BCUT2D eigenvalue weighted by molar-refractivity contribution is -0.0155. The van der Waals surface area contributed by atoms with Crippen LogP contribution in [0.4, 0.5) is 4.79 Å². The zero-order chi connectivity index (χ0) is 20.1. The van der Waals surface area contributed by atoms with Gasteiger partial charge in [-0.25, -0.2) is 4.79 Å². The molecule has 5 nitrogen and oxygen atoms in total. The summed E-state index contributed by atoms with van der Waals surface area (Å²) < 4.78 is 5.39. The third kappa shape index (κ3) is 3.91. The highest BCUT2D eigenvalue weighted by atomic mass is 16.6. The minimum absolute atomic E-state index is 0.00185. The molecule has 0 saturated carbocycles. The van der Waals surface area contributed by atoms with Gasteiger partial charge in [-0.2, -0.15) is 0 Å². The summed E-state index contributed by atoms with van der Waals surface area (Å²) in [6.45, 7) is 2.85.